The molecule has 7 heteroatoms. The van der Waals surface area contributed by atoms with Crippen LogP contribution >= 0.6 is 15.9 Å². The summed E-state index contributed by atoms with van der Waals surface area (Å²) >= 11 is 3.22. The standard InChI is InChI=1S/C10H9BrO5S/c11-8-3-1-2-7-6(5-12)4-9(16-10(7)8)17(13,14)15/h1-3,5-6,9H,4H2,(H,13,14,15). The van der Waals surface area contributed by atoms with Gasteiger partial charge in [0.05, 0.1) is 4.47 Å². The van der Waals surface area contributed by atoms with Crippen LogP contribution in [0.3, 0.4) is 0 Å². The SMILES string of the molecule is O=CC1CC(S(=O)(=O)O)Oc2c(Br)cccc21. The molecule has 2 unspecified atom stereocenters. The number of hydrogen-bond acceptors (Lipinski definition) is 4. The minimum atomic E-state index is -4.33. The van der Waals surface area contributed by atoms with Crippen LogP contribution in [0.5, 0.6) is 5.75 Å². The van der Waals surface area contributed by atoms with Crippen LogP contribution in [0.4, 0.5) is 0 Å². The average molecular weight is 321 g/mol. The van der Waals surface area contributed by atoms with E-state index in [0.29, 0.717) is 22.1 Å². The Morgan fingerprint density at radius 3 is 2.76 bits per heavy atom. The molecule has 0 saturated heterocycles. The third-order valence-electron chi connectivity index (χ3n) is 2.59. The van der Waals surface area contributed by atoms with Gasteiger partial charge in [-0.3, -0.25) is 4.55 Å². The van der Waals surface area contributed by atoms with Gasteiger partial charge in [-0.25, -0.2) is 0 Å². The molecule has 0 bridgehead atoms. The fourth-order valence-electron chi connectivity index (χ4n) is 1.77. The van der Waals surface area contributed by atoms with E-state index in [1.54, 1.807) is 18.2 Å². The maximum Gasteiger partial charge on any atom is 0.303 e. The predicted octanol–water partition coefficient (Wildman–Crippen LogP) is 1.73. The Morgan fingerprint density at radius 1 is 1.47 bits per heavy atom. The lowest BCUT2D eigenvalue weighted by molar-refractivity contribution is -0.109. The zero-order chi connectivity index (χ0) is 12.6. The zero-order valence-electron chi connectivity index (χ0n) is 8.54. The van der Waals surface area contributed by atoms with E-state index in [-0.39, 0.29) is 6.42 Å². The lowest BCUT2D eigenvalue weighted by atomic mass is 9.94. The fourth-order valence-corrected chi connectivity index (χ4v) is 2.91. The number of hydrogen-bond donors (Lipinski definition) is 1. The quantitative estimate of drug-likeness (QED) is 0.663. The van der Waals surface area contributed by atoms with Crippen molar-refractivity contribution >= 4 is 32.3 Å². The van der Waals surface area contributed by atoms with E-state index in [0.717, 1.165) is 0 Å². The lowest BCUT2D eigenvalue weighted by Gasteiger charge is -2.28. The van der Waals surface area contributed by atoms with Crippen molar-refractivity contribution in [3.05, 3.63) is 28.2 Å². The summed E-state index contributed by atoms with van der Waals surface area (Å²) in [6, 6.07) is 5.10. The number of halogens is 1. The van der Waals surface area contributed by atoms with E-state index in [1.807, 2.05) is 0 Å². The van der Waals surface area contributed by atoms with Crippen molar-refractivity contribution in [1.29, 1.82) is 0 Å². The smallest absolute Gasteiger partial charge is 0.303 e. The third kappa shape index (κ3) is 2.36. The van der Waals surface area contributed by atoms with Gasteiger partial charge in [-0.1, -0.05) is 12.1 Å². The van der Waals surface area contributed by atoms with E-state index < -0.39 is 21.5 Å². The summed E-state index contributed by atoms with van der Waals surface area (Å²) in [6.07, 6.45) is 0.581. The molecule has 5 nitrogen and oxygen atoms in total. The van der Waals surface area contributed by atoms with Crippen molar-refractivity contribution in [1.82, 2.24) is 0 Å². The Morgan fingerprint density at radius 2 is 2.18 bits per heavy atom. The van der Waals surface area contributed by atoms with Crippen LogP contribution in [0.15, 0.2) is 22.7 Å². The maximum absolute atomic E-state index is 11.1. The minimum absolute atomic E-state index is 0.0776. The maximum atomic E-state index is 11.1. The van der Waals surface area contributed by atoms with Crippen LogP contribution in [0.25, 0.3) is 0 Å². The van der Waals surface area contributed by atoms with E-state index in [9.17, 15) is 13.2 Å². The van der Waals surface area contributed by atoms with Crippen molar-refractivity contribution in [3.8, 4) is 5.75 Å². The topological polar surface area (TPSA) is 80.7 Å². The average Bonchev–Trinajstić information content (AvgIpc) is 2.27. The Bertz CT molecular complexity index is 554. The van der Waals surface area contributed by atoms with E-state index in [1.165, 1.54) is 0 Å². The summed E-state index contributed by atoms with van der Waals surface area (Å²) in [5.74, 6) is -0.304. The van der Waals surface area contributed by atoms with Gasteiger partial charge in [0.1, 0.15) is 12.0 Å². The van der Waals surface area contributed by atoms with Crippen LogP contribution in [-0.4, -0.2) is 24.7 Å². The molecule has 1 heterocycles. The summed E-state index contributed by atoms with van der Waals surface area (Å²) in [7, 11) is -4.33. The molecule has 1 aliphatic rings. The van der Waals surface area contributed by atoms with Gasteiger partial charge in [0, 0.05) is 17.9 Å². The van der Waals surface area contributed by atoms with Gasteiger partial charge in [0.2, 0.25) is 5.44 Å². The second-order valence-corrected chi connectivity index (χ2v) is 6.11. The monoisotopic (exact) mass is 320 g/mol. The molecule has 0 saturated carbocycles. The molecule has 1 aromatic carbocycles. The number of para-hydroxylation sites is 1. The fraction of sp³-hybridized carbons (Fsp3) is 0.300. The Hall–Kier alpha value is -0.920. The number of fused-ring (bicyclic) bond motifs is 1. The highest BCUT2D eigenvalue weighted by Gasteiger charge is 2.36. The minimum Gasteiger partial charge on any atom is -0.470 e. The van der Waals surface area contributed by atoms with Crippen molar-refractivity contribution in [2.75, 3.05) is 0 Å². The molecule has 0 spiro atoms. The molecule has 17 heavy (non-hydrogen) atoms. The number of rotatable bonds is 2. The van der Waals surface area contributed by atoms with E-state index in [2.05, 4.69) is 15.9 Å². The predicted molar refractivity (Wildman–Crippen MR) is 63.5 cm³/mol. The van der Waals surface area contributed by atoms with Crippen molar-refractivity contribution < 1.29 is 22.5 Å². The molecule has 2 rings (SSSR count). The molecular weight excluding hydrogens is 312 g/mol. The molecule has 0 aromatic heterocycles. The first-order chi connectivity index (χ1) is 7.93. The highest BCUT2D eigenvalue weighted by molar-refractivity contribution is 9.10. The van der Waals surface area contributed by atoms with Gasteiger partial charge >= 0.3 is 10.1 Å². The number of ether oxygens (including phenoxy) is 1. The highest BCUT2D eigenvalue weighted by Crippen LogP contribution is 2.40. The zero-order valence-corrected chi connectivity index (χ0v) is 10.9. The number of carbonyl (C=O) groups excluding carboxylic acids is 1. The molecular formula is C10H9BrO5S. The molecule has 0 aliphatic carbocycles. The molecule has 92 valence electrons. The van der Waals surface area contributed by atoms with Crippen molar-refractivity contribution in [2.45, 2.75) is 17.8 Å². The van der Waals surface area contributed by atoms with Gasteiger partial charge < -0.3 is 9.53 Å². The second kappa shape index (κ2) is 4.40. The van der Waals surface area contributed by atoms with Gasteiger partial charge in [0.15, 0.2) is 0 Å². The Kier molecular flexibility index (Phi) is 3.24. The largest absolute Gasteiger partial charge is 0.470 e. The molecule has 0 amide bonds. The Labute approximate surface area is 107 Å². The molecule has 2 atom stereocenters. The van der Waals surface area contributed by atoms with Crippen LogP contribution in [0.1, 0.15) is 17.9 Å². The van der Waals surface area contributed by atoms with E-state index >= 15 is 0 Å². The molecule has 1 aliphatic heterocycles. The summed E-state index contributed by atoms with van der Waals surface area (Å²) in [5.41, 5.74) is -0.779. The van der Waals surface area contributed by atoms with Crippen molar-refractivity contribution in [3.63, 3.8) is 0 Å². The number of benzene rings is 1. The van der Waals surface area contributed by atoms with Crippen LogP contribution < -0.4 is 4.74 Å². The van der Waals surface area contributed by atoms with Gasteiger partial charge in [-0.15, -0.1) is 0 Å². The first-order valence-corrected chi connectivity index (χ1v) is 7.09. The van der Waals surface area contributed by atoms with Crippen LogP contribution in [-0.2, 0) is 14.9 Å². The molecule has 0 radical (unpaired) electrons. The number of carbonyl (C=O) groups is 1. The van der Waals surface area contributed by atoms with Gasteiger partial charge in [0.25, 0.3) is 0 Å². The summed E-state index contributed by atoms with van der Waals surface area (Å²) in [5, 5.41) is 0. The summed E-state index contributed by atoms with van der Waals surface area (Å²) < 4.78 is 36.9. The molecule has 1 aromatic rings. The van der Waals surface area contributed by atoms with Gasteiger partial charge in [-0.2, -0.15) is 8.42 Å². The Balaban J connectivity index is 2.51. The molecule has 0 fully saturated rings. The molecule has 1 N–H and O–H groups in total. The first-order valence-electron chi connectivity index (χ1n) is 4.80. The van der Waals surface area contributed by atoms with Gasteiger partial charge in [-0.05, 0) is 22.0 Å². The highest BCUT2D eigenvalue weighted by atomic mass is 79.9. The third-order valence-corrected chi connectivity index (χ3v) is 4.17. The number of aldehydes is 1. The summed E-state index contributed by atoms with van der Waals surface area (Å²) in [6.45, 7) is 0. The van der Waals surface area contributed by atoms with E-state index in [4.69, 9.17) is 9.29 Å². The lowest BCUT2D eigenvalue weighted by Crippen LogP contribution is -2.33. The van der Waals surface area contributed by atoms with Crippen LogP contribution in [0.2, 0.25) is 0 Å². The first kappa shape index (κ1) is 12.5. The van der Waals surface area contributed by atoms with Crippen LogP contribution in [0, 0.1) is 0 Å². The summed E-state index contributed by atoms with van der Waals surface area (Å²) in [4.78, 5) is 11.0. The van der Waals surface area contributed by atoms with Crippen molar-refractivity contribution in [2.24, 2.45) is 0 Å². The normalized spacial score (nSPS) is 23.6. The second-order valence-electron chi connectivity index (χ2n) is 3.70.